The largest absolute Gasteiger partial charge is 0.394 e. The minimum atomic E-state index is -1.16. The van der Waals surface area contributed by atoms with Crippen molar-refractivity contribution in [2.45, 2.75) is 31.8 Å². The molecule has 0 aromatic heterocycles. The zero-order valence-corrected chi connectivity index (χ0v) is 9.78. The second kappa shape index (κ2) is 10.8. The van der Waals surface area contributed by atoms with Crippen LogP contribution in [0.1, 0.15) is 13.3 Å². The van der Waals surface area contributed by atoms with Gasteiger partial charge in [-0.1, -0.05) is 12.0 Å². The van der Waals surface area contributed by atoms with Crippen molar-refractivity contribution >= 4 is 0 Å². The van der Waals surface area contributed by atoms with Crippen LogP contribution in [-0.4, -0.2) is 65.2 Å². The molecule has 0 aliphatic rings. The van der Waals surface area contributed by atoms with Gasteiger partial charge in [0.1, 0.15) is 31.6 Å². The average Bonchev–Trinajstić information content (AvgIpc) is 2.34. The normalized spacial score (nSPS) is 16.8. The third kappa shape index (κ3) is 9.39. The zero-order valence-electron chi connectivity index (χ0n) is 9.78. The molecule has 0 saturated heterocycles. The second-order valence-corrected chi connectivity index (χ2v) is 3.44. The van der Waals surface area contributed by atoms with E-state index in [0.29, 0.717) is 6.54 Å². The molecule has 0 aromatic rings. The summed E-state index contributed by atoms with van der Waals surface area (Å²) in [4.78, 5) is 8.78. The maximum absolute atomic E-state index is 9.34. The van der Waals surface area contributed by atoms with Crippen LogP contribution in [0.3, 0.4) is 0 Å². The molecule has 0 heterocycles. The lowest BCUT2D eigenvalue weighted by Gasteiger charge is -2.17. The predicted octanol–water partition coefficient (Wildman–Crippen LogP) is -2.10. The molecular formula is C9H21NO7. The van der Waals surface area contributed by atoms with E-state index in [9.17, 15) is 10.2 Å². The maximum Gasteiger partial charge on any atom is 0.133 e. The van der Waals surface area contributed by atoms with E-state index in [2.05, 4.69) is 20.1 Å². The minimum Gasteiger partial charge on any atom is -0.394 e. The number of rotatable bonds is 11. The SMILES string of the molecule is CCCNC(O)C(O)COOOCC(O)CO. The van der Waals surface area contributed by atoms with Gasteiger partial charge in [-0.25, -0.2) is 9.78 Å². The van der Waals surface area contributed by atoms with Crippen molar-refractivity contribution in [3.63, 3.8) is 0 Å². The lowest BCUT2D eigenvalue weighted by Crippen LogP contribution is -2.42. The molecule has 0 fully saturated rings. The van der Waals surface area contributed by atoms with Crippen LogP contribution in [0.2, 0.25) is 0 Å². The van der Waals surface area contributed by atoms with E-state index in [4.69, 9.17) is 10.2 Å². The van der Waals surface area contributed by atoms with Crippen molar-refractivity contribution in [1.29, 1.82) is 0 Å². The summed E-state index contributed by atoms with van der Waals surface area (Å²) < 4.78 is 0. The molecule has 3 unspecified atom stereocenters. The van der Waals surface area contributed by atoms with Gasteiger partial charge in [-0.15, -0.1) is 0 Å². The van der Waals surface area contributed by atoms with Crippen LogP contribution in [0.25, 0.3) is 0 Å². The van der Waals surface area contributed by atoms with Gasteiger partial charge >= 0.3 is 0 Å². The van der Waals surface area contributed by atoms with Gasteiger partial charge in [0.2, 0.25) is 0 Å². The highest BCUT2D eigenvalue weighted by Gasteiger charge is 2.16. The van der Waals surface area contributed by atoms with Gasteiger partial charge in [-0.3, -0.25) is 5.32 Å². The van der Waals surface area contributed by atoms with Crippen LogP contribution < -0.4 is 5.32 Å². The first kappa shape index (κ1) is 16.7. The van der Waals surface area contributed by atoms with E-state index >= 15 is 0 Å². The number of aliphatic hydroxyl groups is 4. The summed E-state index contributed by atoms with van der Waals surface area (Å²) in [5.74, 6) is 0. The van der Waals surface area contributed by atoms with Crippen LogP contribution in [0.15, 0.2) is 0 Å². The molecule has 0 aliphatic carbocycles. The summed E-state index contributed by atoms with van der Waals surface area (Å²) in [7, 11) is 0. The summed E-state index contributed by atoms with van der Waals surface area (Å²) in [6.45, 7) is 1.48. The van der Waals surface area contributed by atoms with Gasteiger partial charge in [0.15, 0.2) is 0 Å². The third-order valence-electron chi connectivity index (χ3n) is 1.77. The molecule has 0 aromatic carbocycles. The molecule has 0 bridgehead atoms. The van der Waals surface area contributed by atoms with Crippen LogP contribution >= 0.6 is 0 Å². The van der Waals surface area contributed by atoms with Crippen LogP contribution in [0, 0.1) is 0 Å². The van der Waals surface area contributed by atoms with Crippen molar-refractivity contribution in [1.82, 2.24) is 5.32 Å². The Kier molecular flexibility index (Phi) is 10.6. The first-order valence-corrected chi connectivity index (χ1v) is 5.41. The molecule has 0 saturated carbocycles. The van der Waals surface area contributed by atoms with Gasteiger partial charge in [0.25, 0.3) is 0 Å². The molecule has 8 nitrogen and oxygen atoms in total. The highest BCUT2D eigenvalue weighted by Crippen LogP contribution is 1.94. The quantitative estimate of drug-likeness (QED) is 0.123. The average molecular weight is 255 g/mol. The standard InChI is InChI=1S/C9H21NO7/c1-2-3-10-9(14)8(13)6-16-17-15-5-7(12)4-11/h7-14H,2-6H2,1H3. The van der Waals surface area contributed by atoms with Gasteiger partial charge in [-0.2, -0.15) is 0 Å². The summed E-state index contributed by atoms with van der Waals surface area (Å²) in [5.41, 5.74) is 0. The van der Waals surface area contributed by atoms with E-state index in [1.54, 1.807) is 0 Å². The Morgan fingerprint density at radius 1 is 1.12 bits per heavy atom. The Bertz CT molecular complexity index is 171. The molecular weight excluding hydrogens is 234 g/mol. The summed E-state index contributed by atoms with van der Waals surface area (Å²) in [6.07, 6.45) is -2.50. The molecule has 0 rings (SSSR count). The fourth-order valence-electron chi connectivity index (χ4n) is 0.810. The molecule has 0 radical (unpaired) electrons. The number of hydrogen-bond acceptors (Lipinski definition) is 8. The highest BCUT2D eigenvalue weighted by atomic mass is 17.5. The number of hydrogen-bond donors (Lipinski definition) is 5. The van der Waals surface area contributed by atoms with Crippen molar-refractivity contribution in [3.8, 4) is 0 Å². The van der Waals surface area contributed by atoms with Crippen molar-refractivity contribution in [3.05, 3.63) is 0 Å². The fraction of sp³-hybridized carbons (Fsp3) is 1.00. The monoisotopic (exact) mass is 255 g/mol. The predicted molar refractivity (Wildman–Crippen MR) is 56.4 cm³/mol. The Balaban J connectivity index is 3.40. The Morgan fingerprint density at radius 2 is 1.76 bits per heavy atom. The lowest BCUT2D eigenvalue weighted by atomic mass is 10.3. The molecule has 0 spiro atoms. The highest BCUT2D eigenvalue weighted by molar-refractivity contribution is 4.62. The molecule has 17 heavy (non-hydrogen) atoms. The smallest absolute Gasteiger partial charge is 0.133 e. The van der Waals surface area contributed by atoms with Gasteiger partial charge in [0, 0.05) is 0 Å². The fourth-order valence-corrected chi connectivity index (χ4v) is 0.810. The molecule has 0 aliphatic heterocycles. The Labute approximate surface area is 99.6 Å². The van der Waals surface area contributed by atoms with Crippen molar-refractivity contribution in [2.24, 2.45) is 0 Å². The molecule has 8 heteroatoms. The topological polar surface area (TPSA) is 121 Å². The lowest BCUT2D eigenvalue weighted by molar-refractivity contribution is -0.519. The van der Waals surface area contributed by atoms with Crippen molar-refractivity contribution < 1.29 is 35.2 Å². The Hall–Kier alpha value is -0.320. The van der Waals surface area contributed by atoms with E-state index in [0.717, 1.165) is 6.42 Å². The zero-order chi connectivity index (χ0) is 13.1. The third-order valence-corrected chi connectivity index (χ3v) is 1.77. The van der Waals surface area contributed by atoms with E-state index in [-0.39, 0.29) is 13.2 Å². The molecule has 3 atom stereocenters. The van der Waals surface area contributed by atoms with E-state index < -0.39 is 25.0 Å². The number of aliphatic hydroxyl groups excluding tert-OH is 4. The van der Waals surface area contributed by atoms with Crippen molar-refractivity contribution in [2.75, 3.05) is 26.4 Å². The molecule has 104 valence electrons. The van der Waals surface area contributed by atoms with E-state index in [1.165, 1.54) is 0 Å². The van der Waals surface area contributed by atoms with E-state index in [1.807, 2.05) is 6.92 Å². The first-order chi connectivity index (χ1) is 8.11. The van der Waals surface area contributed by atoms with Crippen LogP contribution in [0.4, 0.5) is 0 Å². The second-order valence-electron chi connectivity index (χ2n) is 3.44. The maximum atomic E-state index is 9.34. The summed E-state index contributed by atoms with van der Waals surface area (Å²) >= 11 is 0. The van der Waals surface area contributed by atoms with Crippen LogP contribution in [0.5, 0.6) is 0 Å². The summed E-state index contributed by atoms with van der Waals surface area (Å²) in [6, 6.07) is 0. The molecule has 0 amide bonds. The first-order valence-electron chi connectivity index (χ1n) is 5.41. The Morgan fingerprint density at radius 3 is 2.35 bits per heavy atom. The van der Waals surface area contributed by atoms with Gasteiger partial charge in [0.05, 0.1) is 6.61 Å². The summed E-state index contributed by atoms with van der Waals surface area (Å²) in [5, 5.41) is 42.7. The number of nitrogens with one attached hydrogen (secondary N) is 1. The molecule has 5 N–H and O–H groups in total. The van der Waals surface area contributed by atoms with Crippen LogP contribution in [-0.2, 0) is 14.8 Å². The minimum absolute atomic E-state index is 0.261. The van der Waals surface area contributed by atoms with Gasteiger partial charge in [-0.05, 0) is 13.0 Å². The van der Waals surface area contributed by atoms with Gasteiger partial charge < -0.3 is 20.4 Å².